The van der Waals surface area contributed by atoms with Crippen molar-refractivity contribution >= 4 is 0 Å². The molecule has 4 nitrogen and oxygen atoms in total. The summed E-state index contributed by atoms with van der Waals surface area (Å²) in [6, 6.07) is 1.98. The first kappa shape index (κ1) is 11.2. The molecule has 0 aromatic carbocycles. The zero-order chi connectivity index (χ0) is 11.6. The standard InChI is InChI=1S/C13H21N3O/c1-2-5-13(6-3-1)11-14-8-9-16(13)10-12-4-7-15-17-12/h4,7,14H,1-3,5-6,8-11H2. The van der Waals surface area contributed by atoms with E-state index >= 15 is 0 Å². The summed E-state index contributed by atoms with van der Waals surface area (Å²) in [5, 5.41) is 7.37. The molecule has 0 bridgehead atoms. The number of aromatic nitrogens is 1. The van der Waals surface area contributed by atoms with Gasteiger partial charge in [-0.1, -0.05) is 24.4 Å². The summed E-state index contributed by atoms with van der Waals surface area (Å²) in [4.78, 5) is 2.61. The summed E-state index contributed by atoms with van der Waals surface area (Å²) in [6.07, 6.45) is 8.54. The highest BCUT2D eigenvalue weighted by Crippen LogP contribution is 2.35. The maximum absolute atomic E-state index is 5.26. The van der Waals surface area contributed by atoms with Crippen LogP contribution in [0.25, 0.3) is 0 Å². The van der Waals surface area contributed by atoms with E-state index in [-0.39, 0.29) is 0 Å². The highest BCUT2D eigenvalue weighted by molar-refractivity contribution is 5.01. The third kappa shape index (κ3) is 2.24. The number of piperazine rings is 1. The second-order valence-corrected chi connectivity index (χ2v) is 5.36. The highest BCUT2D eigenvalue weighted by atomic mass is 16.5. The molecule has 0 unspecified atom stereocenters. The molecule has 2 fully saturated rings. The predicted molar refractivity (Wildman–Crippen MR) is 65.6 cm³/mol. The topological polar surface area (TPSA) is 41.3 Å². The lowest BCUT2D eigenvalue weighted by atomic mass is 9.79. The Morgan fingerprint density at radius 2 is 2.24 bits per heavy atom. The molecule has 2 aliphatic rings. The summed E-state index contributed by atoms with van der Waals surface area (Å²) in [7, 11) is 0. The van der Waals surface area contributed by atoms with Crippen molar-refractivity contribution in [3.05, 3.63) is 18.0 Å². The minimum atomic E-state index is 0.378. The fourth-order valence-corrected chi connectivity index (χ4v) is 3.35. The van der Waals surface area contributed by atoms with Gasteiger partial charge in [-0.25, -0.2) is 0 Å². The van der Waals surface area contributed by atoms with Crippen LogP contribution in [0.2, 0.25) is 0 Å². The Morgan fingerprint density at radius 3 is 3.00 bits per heavy atom. The molecule has 3 rings (SSSR count). The van der Waals surface area contributed by atoms with Gasteiger partial charge in [-0.2, -0.15) is 0 Å². The average molecular weight is 235 g/mol. The van der Waals surface area contributed by atoms with Gasteiger partial charge in [0.05, 0.1) is 12.7 Å². The summed E-state index contributed by atoms with van der Waals surface area (Å²) < 4.78 is 5.26. The van der Waals surface area contributed by atoms with Crippen molar-refractivity contribution < 1.29 is 4.52 Å². The monoisotopic (exact) mass is 235 g/mol. The summed E-state index contributed by atoms with van der Waals surface area (Å²) in [5.41, 5.74) is 0.378. The van der Waals surface area contributed by atoms with Crippen LogP contribution in [0.5, 0.6) is 0 Å². The number of rotatable bonds is 2. The molecule has 94 valence electrons. The SMILES string of the molecule is c1cc(CN2CCNCC23CCCCC3)on1. The minimum absolute atomic E-state index is 0.378. The summed E-state index contributed by atoms with van der Waals surface area (Å²) in [6.45, 7) is 4.28. The lowest BCUT2D eigenvalue weighted by Gasteiger charge is -2.49. The molecule has 1 saturated heterocycles. The van der Waals surface area contributed by atoms with Crippen LogP contribution in [0.3, 0.4) is 0 Å². The first-order chi connectivity index (χ1) is 8.39. The van der Waals surface area contributed by atoms with Gasteiger partial charge in [0.2, 0.25) is 0 Å². The van der Waals surface area contributed by atoms with Crippen LogP contribution in [0, 0.1) is 0 Å². The second-order valence-electron chi connectivity index (χ2n) is 5.36. The molecule has 1 saturated carbocycles. The molecule has 1 aromatic rings. The van der Waals surface area contributed by atoms with Gasteiger partial charge in [-0.15, -0.1) is 0 Å². The van der Waals surface area contributed by atoms with Gasteiger partial charge in [-0.3, -0.25) is 4.90 Å². The van der Waals surface area contributed by atoms with Crippen LogP contribution in [-0.2, 0) is 6.54 Å². The highest BCUT2D eigenvalue weighted by Gasteiger charge is 2.39. The molecule has 0 atom stereocenters. The molecular formula is C13H21N3O. The van der Waals surface area contributed by atoms with Crippen LogP contribution in [-0.4, -0.2) is 35.2 Å². The zero-order valence-electron chi connectivity index (χ0n) is 10.3. The number of nitrogens with one attached hydrogen (secondary N) is 1. The molecule has 2 heterocycles. The van der Waals surface area contributed by atoms with Crippen LogP contribution >= 0.6 is 0 Å². The van der Waals surface area contributed by atoms with Gasteiger partial charge in [0.1, 0.15) is 0 Å². The van der Waals surface area contributed by atoms with Gasteiger partial charge < -0.3 is 9.84 Å². The van der Waals surface area contributed by atoms with Crippen molar-refractivity contribution in [3.8, 4) is 0 Å². The summed E-state index contributed by atoms with van der Waals surface area (Å²) >= 11 is 0. The lowest BCUT2D eigenvalue weighted by molar-refractivity contribution is 0.0148. The number of hydrogen-bond acceptors (Lipinski definition) is 4. The maximum Gasteiger partial charge on any atom is 0.150 e. The van der Waals surface area contributed by atoms with Crippen LogP contribution in [0.4, 0.5) is 0 Å². The normalized spacial score (nSPS) is 25.2. The van der Waals surface area contributed by atoms with Crippen molar-refractivity contribution in [2.45, 2.75) is 44.2 Å². The molecule has 0 amide bonds. The lowest BCUT2D eigenvalue weighted by Crippen LogP contribution is -2.61. The molecule has 1 aromatic heterocycles. The van der Waals surface area contributed by atoms with E-state index in [4.69, 9.17) is 4.52 Å². The van der Waals surface area contributed by atoms with E-state index in [9.17, 15) is 0 Å². The molecule has 1 spiro atoms. The molecule has 1 aliphatic carbocycles. The average Bonchev–Trinajstić information content (AvgIpc) is 2.86. The Morgan fingerprint density at radius 1 is 1.35 bits per heavy atom. The van der Waals surface area contributed by atoms with Gasteiger partial charge in [0, 0.05) is 31.2 Å². The first-order valence-electron chi connectivity index (χ1n) is 6.74. The van der Waals surface area contributed by atoms with Crippen molar-refractivity contribution in [3.63, 3.8) is 0 Å². The van der Waals surface area contributed by atoms with Gasteiger partial charge in [0.25, 0.3) is 0 Å². The third-order valence-corrected chi connectivity index (χ3v) is 4.31. The van der Waals surface area contributed by atoms with E-state index in [1.807, 2.05) is 6.07 Å². The van der Waals surface area contributed by atoms with E-state index in [0.29, 0.717) is 5.54 Å². The Labute approximate surface area is 102 Å². The number of hydrogen-bond donors (Lipinski definition) is 1. The van der Waals surface area contributed by atoms with Crippen LogP contribution in [0.15, 0.2) is 16.8 Å². The Bertz CT molecular complexity index is 335. The molecule has 1 N–H and O–H groups in total. The molecule has 4 heteroatoms. The van der Waals surface area contributed by atoms with Crippen molar-refractivity contribution in [1.29, 1.82) is 0 Å². The Balaban J connectivity index is 1.75. The van der Waals surface area contributed by atoms with Crippen molar-refractivity contribution in [2.75, 3.05) is 19.6 Å². The second kappa shape index (κ2) is 4.78. The van der Waals surface area contributed by atoms with E-state index < -0.39 is 0 Å². The largest absolute Gasteiger partial charge is 0.360 e. The summed E-state index contributed by atoms with van der Waals surface area (Å²) in [5.74, 6) is 0.997. The predicted octanol–water partition coefficient (Wildman–Crippen LogP) is 1.78. The van der Waals surface area contributed by atoms with E-state index in [1.165, 1.54) is 32.1 Å². The molecule has 0 radical (unpaired) electrons. The number of nitrogens with zero attached hydrogens (tertiary/aromatic N) is 2. The molecule has 1 aliphatic heterocycles. The Kier molecular flexibility index (Phi) is 3.16. The molecule has 17 heavy (non-hydrogen) atoms. The van der Waals surface area contributed by atoms with E-state index in [2.05, 4.69) is 15.4 Å². The van der Waals surface area contributed by atoms with Gasteiger partial charge in [-0.05, 0) is 12.8 Å². The van der Waals surface area contributed by atoms with Crippen LogP contribution < -0.4 is 5.32 Å². The first-order valence-corrected chi connectivity index (χ1v) is 6.74. The fraction of sp³-hybridized carbons (Fsp3) is 0.769. The molecular weight excluding hydrogens is 214 g/mol. The minimum Gasteiger partial charge on any atom is -0.360 e. The fourth-order valence-electron chi connectivity index (χ4n) is 3.35. The van der Waals surface area contributed by atoms with Gasteiger partial charge >= 0.3 is 0 Å². The van der Waals surface area contributed by atoms with Crippen LogP contribution in [0.1, 0.15) is 37.9 Å². The smallest absolute Gasteiger partial charge is 0.150 e. The Hall–Kier alpha value is -0.870. The van der Waals surface area contributed by atoms with E-state index in [0.717, 1.165) is 31.9 Å². The van der Waals surface area contributed by atoms with E-state index in [1.54, 1.807) is 6.20 Å². The van der Waals surface area contributed by atoms with Crippen molar-refractivity contribution in [2.24, 2.45) is 0 Å². The van der Waals surface area contributed by atoms with Gasteiger partial charge in [0.15, 0.2) is 5.76 Å². The zero-order valence-corrected chi connectivity index (χ0v) is 10.3. The quantitative estimate of drug-likeness (QED) is 0.848. The maximum atomic E-state index is 5.26. The third-order valence-electron chi connectivity index (χ3n) is 4.31. The van der Waals surface area contributed by atoms with Crippen molar-refractivity contribution in [1.82, 2.24) is 15.4 Å².